The predicted molar refractivity (Wildman–Crippen MR) is 106 cm³/mol. The molecule has 0 fully saturated rings. The van der Waals surface area contributed by atoms with Crippen molar-refractivity contribution >= 4 is 23.6 Å². The number of carbonyl (C=O) groups excluding carboxylic acids is 3. The van der Waals surface area contributed by atoms with E-state index in [0.717, 1.165) is 6.07 Å². The number of hydrogen-bond donors (Lipinski definition) is 2. The Kier molecular flexibility index (Phi) is 7.86. The largest absolute Gasteiger partial charge is 0.487 e. The highest BCUT2D eigenvalue weighted by atomic mass is 16.6. The minimum atomic E-state index is -1.44. The van der Waals surface area contributed by atoms with Crippen molar-refractivity contribution in [1.29, 1.82) is 0 Å². The Morgan fingerprint density at radius 2 is 1.80 bits per heavy atom. The van der Waals surface area contributed by atoms with Gasteiger partial charge in [-0.05, 0) is 26.0 Å². The first kappa shape index (κ1) is 22.3. The molecule has 0 aromatic heterocycles. The van der Waals surface area contributed by atoms with E-state index in [2.05, 4.69) is 10.6 Å². The van der Waals surface area contributed by atoms with Crippen molar-refractivity contribution < 1.29 is 28.8 Å². The molecule has 2 N–H and O–H groups in total. The Hall–Kier alpha value is -3.95. The number of nitro groups is 1. The van der Waals surface area contributed by atoms with Crippen LogP contribution < -0.4 is 15.4 Å². The van der Waals surface area contributed by atoms with Crippen LogP contribution in [-0.4, -0.2) is 36.0 Å². The number of imide groups is 1. The number of carbonyl (C=O) groups is 3. The van der Waals surface area contributed by atoms with Crippen LogP contribution in [0.3, 0.4) is 0 Å². The summed E-state index contributed by atoms with van der Waals surface area (Å²) in [5.74, 6) is -1.82. The first-order valence-electron chi connectivity index (χ1n) is 9.13. The third-order valence-electron chi connectivity index (χ3n) is 3.83. The molecule has 0 saturated heterocycles. The Balaban J connectivity index is 2.30. The third-order valence-corrected chi connectivity index (χ3v) is 3.83. The molecule has 0 aliphatic carbocycles. The lowest BCUT2D eigenvalue weighted by molar-refractivity contribution is -0.385. The zero-order chi connectivity index (χ0) is 22.1. The summed E-state index contributed by atoms with van der Waals surface area (Å²) in [6.45, 7) is 3.85. The van der Waals surface area contributed by atoms with E-state index in [0.29, 0.717) is 12.1 Å². The highest BCUT2D eigenvalue weighted by molar-refractivity contribution is 5.99. The molecule has 0 aliphatic rings. The number of ether oxygens (including phenoxy) is 2. The smallest absolute Gasteiger partial charge is 0.339 e. The molecule has 0 spiro atoms. The van der Waals surface area contributed by atoms with Gasteiger partial charge in [0.1, 0.15) is 0 Å². The number of nitrogens with zero attached hydrogens (tertiary/aromatic N) is 1. The summed E-state index contributed by atoms with van der Waals surface area (Å²) in [5.41, 5.74) is -0.223. The van der Waals surface area contributed by atoms with Gasteiger partial charge in [-0.3, -0.25) is 20.2 Å². The van der Waals surface area contributed by atoms with Crippen LogP contribution in [0.25, 0.3) is 0 Å². The minimum Gasteiger partial charge on any atom is -0.487 e. The van der Waals surface area contributed by atoms with Gasteiger partial charge in [-0.1, -0.05) is 30.3 Å². The second-order valence-electron chi connectivity index (χ2n) is 5.92. The van der Waals surface area contributed by atoms with Crippen LogP contribution >= 0.6 is 0 Å². The number of rotatable bonds is 8. The van der Waals surface area contributed by atoms with Crippen molar-refractivity contribution in [3.8, 4) is 5.75 Å². The number of esters is 1. The van der Waals surface area contributed by atoms with E-state index < -0.39 is 34.6 Å². The summed E-state index contributed by atoms with van der Waals surface area (Å²) in [6.07, 6.45) is -1.44. The summed E-state index contributed by atoms with van der Waals surface area (Å²) < 4.78 is 10.5. The molecule has 0 radical (unpaired) electrons. The molecular weight excluding hydrogens is 394 g/mol. The van der Waals surface area contributed by atoms with E-state index in [4.69, 9.17) is 9.47 Å². The Labute approximate surface area is 172 Å². The summed E-state index contributed by atoms with van der Waals surface area (Å²) >= 11 is 0. The summed E-state index contributed by atoms with van der Waals surface area (Å²) in [7, 11) is 0. The average Bonchev–Trinajstić information content (AvgIpc) is 2.72. The topological polar surface area (TPSA) is 137 Å². The summed E-state index contributed by atoms with van der Waals surface area (Å²) in [5, 5.41) is 15.8. The van der Waals surface area contributed by atoms with Crippen LogP contribution in [0.15, 0.2) is 48.5 Å². The number of amides is 3. The lowest BCUT2D eigenvalue weighted by atomic mass is 10.1. The molecule has 0 saturated carbocycles. The van der Waals surface area contributed by atoms with Gasteiger partial charge in [0.2, 0.25) is 6.10 Å². The van der Waals surface area contributed by atoms with E-state index in [1.165, 1.54) is 12.1 Å². The van der Waals surface area contributed by atoms with Crippen molar-refractivity contribution in [3.05, 3.63) is 69.8 Å². The molecule has 10 nitrogen and oxygen atoms in total. The maximum Gasteiger partial charge on any atom is 0.339 e. The third kappa shape index (κ3) is 5.77. The lowest BCUT2D eigenvalue weighted by Crippen LogP contribution is -2.42. The van der Waals surface area contributed by atoms with Gasteiger partial charge in [-0.25, -0.2) is 9.59 Å². The van der Waals surface area contributed by atoms with Crippen molar-refractivity contribution in [2.45, 2.75) is 20.0 Å². The van der Waals surface area contributed by atoms with E-state index in [1.807, 2.05) is 0 Å². The Morgan fingerprint density at radius 3 is 2.40 bits per heavy atom. The molecule has 0 aliphatic heterocycles. The van der Waals surface area contributed by atoms with Gasteiger partial charge in [0.15, 0.2) is 5.75 Å². The molecule has 3 amide bonds. The molecule has 0 heterocycles. The first-order valence-corrected chi connectivity index (χ1v) is 9.13. The monoisotopic (exact) mass is 415 g/mol. The average molecular weight is 415 g/mol. The van der Waals surface area contributed by atoms with Crippen molar-refractivity contribution in [2.24, 2.45) is 0 Å². The molecule has 1 atom stereocenters. The van der Waals surface area contributed by atoms with Gasteiger partial charge in [-0.15, -0.1) is 0 Å². The van der Waals surface area contributed by atoms with E-state index >= 15 is 0 Å². The maximum atomic E-state index is 12.6. The zero-order valence-electron chi connectivity index (χ0n) is 16.4. The van der Waals surface area contributed by atoms with E-state index in [1.54, 1.807) is 44.2 Å². The number of nitro benzene ring substituents is 1. The number of nitrogens with one attached hydrogen (secondary N) is 2. The van der Waals surface area contributed by atoms with Crippen molar-refractivity contribution in [2.75, 3.05) is 13.2 Å². The van der Waals surface area contributed by atoms with Gasteiger partial charge in [0.25, 0.3) is 5.91 Å². The van der Waals surface area contributed by atoms with Gasteiger partial charge in [0, 0.05) is 18.2 Å². The predicted octanol–water partition coefficient (Wildman–Crippen LogP) is 2.74. The van der Waals surface area contributed by atoms with Gasteiger partial charge >= 0.3 is 17.7 Å². The van der Waals surface area contributed by atoms with E-state index in [9.17, 15) is 24.5 Å². The number of benzene rings is 2. The Bertz CT molecular complexity index is 931. The summed E-state index contributed by atoms with van der Waals surface area (Å²) in [4.78, 5) is 47.4. The molecule has 10 heteroatoms. The quantitative estimate of drug-likeness (QED) is 0.384. The fourth-order valence-corrected chi connectivity index (χ4v) is 2.52. The van der Waals surface area contributed by atoms with Crippen LogP contribution in [0.2, 0.25) is 0 Å². The van der Waals surface area contributed by atoms with E-state index in [-0.39, 0.29) is 17.9 Å². The van der Waals surface area contributed by atoms with Gasteiger partial charge in [-0.2, -0.15) is 0 Å². The highest BCUT2D eigenvalue weighted by Crippen LogP contribution is 2.29. The SMILES string of the molecule is CCNC(=O)NC(=O)[C@H](OC(=O)c1ccc(OCC)c([N+](=O)[O-])c1)c1ccccc1. The molecule has 158 valence electrons. The molecule has 30 heavy (non-hydrogen) atoms. The van der Waals surface area contributed by atoms with Crippen LogP contribution in [0.4, 0.5) is 10.5 Å². The van der Waals surface area contributed by atoms with Crippen molar-refractivity contribution in [1.82, 2.24) is 10.6 Å². The van der Waals surface area contributed by atoms with Gasteiger partial charge < -0.3 is 14.8 Å². The normalized spacial score (nSPS) is 11.1. The molecule has 0 bridgehead atoms. The number of hydrogen-bond acceptors (Lipinski definition) is 7. The van der Waals surface area contributed by atoms with Crippen molar-refractivity contribution in [3.63, 3.8) is 0 Å². The molecule has 0 unspecified atom stereocenters. The fourth-order valence-electron chi connectivity index (χ4n) is 2.52. The van der Waals surface area contributed by atoms with Crippen LogP contribution in [0, 0.1) is 10.1 Å². The molecular formula is C20H21N3O7. The summed E-state index contributed by atoms with van der Waals surface area (Å²) in [6, 6.07) is 10.9. The van der Waals surface area contributed by atoms with Crippen LogP contribution in [-0.2, 0) is 9.53 Å². The molecule has 2 aromatic carbocycles. The standard InChI is InChI=1S/C20H21N3O7/c1-3-21-20(26)22-18(24)17(13-8-6-5-7-9-13)30-19(25)14-10-11-16(29-4-2)15(12-14)23(27)28/h5-12,17H,3-4H2,1-2H3,(H2,21,22,24,26)/t17-/m1/s1. The second-order valence-corrected chi connectivity index (χ2v) is 5.92. The number of urea groups is 1. The highest BCUT2D eigenvalue weighted by Gasteiger charge is 2.28. The fraction of sp³-hybridized carbons (Fsp3) is 0.250. The zero-order valence-corrected chi connectivity index (χ0v) is 16.4. The second kappa shape index (κ2) is 10.6. The Morgan fingerprint density at radius 1 is 1.10 bits per heavy atom. The lowest BCUT2D eigenvalue weighted by Gasteiger charge is -2.18. The van der Waals surface area contributed by atoms with Crippen LogP contribution in [0.5, 0.6) is 5.75 Å². The first-order chi connectivity index (χ1) is 14.4. The van der Waals surface area contributed by atoms with Crippen LogP contribution in [0.1, 0.15) is 35.9 Å². The maximum absolute atomic E-state index is 12.6. The minimum absolute atomic E-state index is 0.00707. The van der Waals surface area contributed by atoms with Gasteiger partial charge in [0.05, 0.1) is 17.1 Å². The molecule has 2 rings (SSSR count). The molecule has 2 aromatic rings.